The Morgan fingerprint density at radius 2 is 1.64 bits per heavy atom. The molecule has 0 radical (unpaired) electrons. The van der Waals surface area contributed by atoms with Crippen molar-refractivity contribution in [2.75, 3.05) is 20.6 Å². The minimum absolute atomic E-state index is 0.0451. The monoisotopic (exact) mass is 335 g/mol. The molecule has 0 unspecified atom stereocenters. The van der Waals surface area contributed by atoms with Crippen molar-refractivity contribution in [2.24, 2.45) is 0 Å². The minimum Gasteiger partial charge on any atom is -0.345 e. The molecule has 0 aliphatic rings. The van der Waals surface area contributed by atoms with Crippen molar-refractivity contribution in [2.45, 2.75) is 6.54 Å². The van der Waals surface area contributed by atoms with Crippen molar-refractivity contribution < 1.29 is 9.59 Å². The van der Waals surface area contributed by atoms with Gasteiger partial charge in [0.1, 0.15) is 0 Å². The van der Waals surface area contributed by atoms with Crippen LogP contribution in [0.4, 0.5) is 4.79 Å². The fourth-order valence-electron chi connectivity index (χ4n) is 2.07. The molecular weight excluding hydrogens is 314 g/mol. The van der Waals surface area contributed by atoms with E-state index in [-0.39, 0.29) is 18.5 Å². The highest BCUT2D eigenvalue weighted by Gasteiger charge is 2.06. The summed E-state index contributed by atoms with van der Waals surface area (Å²) in [6.07, 6.45) is 0. The van der Waals surface area contributed by atoms with Gasteiger partial charge in [0.25, 0.3) is 5.91 Å². The Labute approximate surface area is 148 Å². The normalized spacial score (nSPS) is 9.52. The number of nitrogens with one attached hydrogen (secondary N) is 2. The van der Waals surface area contributed by atoms with Crippen LogP contribution in [-0.4, -0.2) is 37.5 Å². The Hall–Kier alpha value is -3.26. The molecule has 3 amide bonds. The standard InChI is InChI=1S/C20H21N3O2/c1-23(2)19(24)18-12-10-16(11-13-18)9-6-14-21-20(25)22-15-17-7-4-3-5-8-17/h3-5,7-8,10-13H,14-15H2,1-2H3,(H2,21,22,25). The molecule has 2 aromatic carbocycles. The molecule has 0 aliphatic heterocycles. The first-order valence-electron chi connectivity index (χ1n) is 7.92. The van der Waals surface area contributed by atoms with Crippen LogP contribution in [0.15, 0.2) is 54.6 Å². The third kappa shape index (κ3) is 6.04. The van der Waals surface area contributed by atoms with E-state index in [2.05, 4.69) is 22.5 Å². The topological polar surface area (TPSA) is 61.4 Å². The summed E-state index contributed by atoms with van der Waals surface area (Å²) < 4.78 is 0. The van der Waals surface area contributed by atoms with E-state index < -0.39 is 0 Å². The second-order valence-corrected chi connectivity index (χ2v) is 5.60. The average Bonchev–Trinajstić information content (AvgIpc) is 2.64. The molecule has 2 rings (SSSR count). The number of carbonyl (C=O) groups is 2. The Balaban J connectivity index is 1.76. The third-order valence-corrected chi connectivity index (χ3v) is 3.40. The summed E-state index contributed by atoms with van der Waals surface area (Å²) in [5, 5.41) is 5.45. The van der Waals surface area contributed by atoms with Gasteiger partial charge in [0.05, 0.1) is 6.54 Å². The zero-order valence-electron chi connectivity index (χ0n) is 14.4. The molecule has 2 N–H and O–H groups in total. The first-order chi connectivity index (χ1) is 12.1. The smallest absolute Gasteiger partial charge is 0.315 e. The van der Waals surface area contributed by atoms with Crippen LogP contribution >= 0.6 is 0 Å². The van der Waals surface area contributed by atoms with Crippen molar-refractivity contribution >= 4 is 11.9 Å². The second-order valence-electron chi connectivity index (χ2n) is 5.60. The van der Waals surface area contributed by atoms with Crippen molar-refractivity contribution in [3.63, 3.8) is 0 Å². The van der Waals surface area contributed by atoms with E-state index in [4.69, 9.17) is 0 Å². The minimum atomic E-state index is -0.259. The van der Waals surface area contributed by atoms with Crippen molar-refractivity contribution in [1.82, 2.24) is 15.5 Å². The molecule has 0 bridgehead atoms. The van der Waals surface area contributed by atoms with Gasteiger partial charge >= 0.3 is 6.03 Å². The van der Waals surface area contributed by atoms with Gasteiger partial charge in [-0.3, -0.25) is 4.79 Å². The first kappa shape index (κ1) is 18.1. The molecule has 0 aliphatic carbocycles. The van der Waals surface area contributed by atoms with Crippen LogP contribution in [0.3, 0.4) is 0 Å². The summed E-state index contributed by atoms with van der Waals surface area (Å²) >= 11 is 0. The molecule has 0 atom stereocenters. The Morgan fingerprint density at radius 1 is 0.960 bits per heavy atom. The van der Waals surface area contributed by atoms with E-state index in [1.165, 1.54) is 4.90 Å². The van der Waals surface area contributed by atoms with E-state index >= 15 is 0 Å². The Kier molecular flexibility index (Phi) is 6.61. The van der Waals surface area contributed by atoms with Crippen LogP contribution in [0, 0.1) is 11.8 Å². The highest BCUT2D eigenvalue weighted by atomic mass is 16.2. The van der Waals surface area contributed by atoms with Gasteiger partial charge in [-0.15, -0.1) is 0 Å². The number of hydrogen-bond acceptors (Lipinski definition) is 2. The van der Waals surface area contributed by atoms with Gasteiger partial charge in [-0.2, -0.15) is 0 Å². The number of amides is 3. The third-order valence-electron chi connectivity index (χ3n) is 3.40. The SMILES string of the molecule is CN(C)C(=O)c1ccc(C#CCNC(=O)NCc2ccccc2)cc1. The number of urea groups is 1. The molecule has 0 aromatic heterocycles. The highest BCUT2D eigenvalue weighted by molar-refractivity contribution is 5.93. The molecule has 5 heteroatoms. The van der Waals surface area contributed by atoms with E-state index in [1.54, 1.807) is 38.4 Å². The highest BCUT2D eigenvalue weighted by Crippen LogP contribution is 2.05. The molecule has 0 saturated heterocycles. The summed E-state index contributed by atoms with van der Waals surface area (Å²) in [6.45, 7) is 0.723. The van der Waals surface area contributed by atoms with Gasteiger partial charge < -0.3 is 15.5 Å². The largest absolute Gasteiger partial charge is 0.345 e. The van der Waals surface area contributed by atoms with Gasteiger partial charge in [-0.1, -0.05) is 42.2 Å². The molecule has 0 spiro atoms. The van der Waals surface area contributed by atoms with Gasteiger partial charge in [-0.25, -0.2) is 4.79 Å². The molecule has 0 heterocycles. The molecular formula is C20H21N3O2. The molecule has 0 saturated carbocycles. The van der Waals surface area contributed by atoms with Gasteiger partial charge in [-0.05, 0) is 29.8 Å². The van der Waals surface area contributed by atoms with E-state index in [9.17, 15) is 9.59 Å². The molecule has 128 valence electrons. The summed E-state index contributed by atoms with van der Waals surface area (Å²) in [5.41, 5.74) is 2.45. The van der Waals surface area contributed by atoms with E-state index in [0.29, 0.717) is 12.1 Å². The van der Waals surface area contributed by atoms with Gasteiger partial charge in [0.2, 0.25) is 0 Å². The van der Waals surface area contributed by atoms with Gasteiger partial charge in [0.15, 0.2) is 0 Å². The van der Waals surface area contributed by atoms with Crippen molar-refractivity contribution in [3.8, 4) is 11.8 Å². The maximum absolute atomic E-state index is 11.8. The predicted octanol–water partition coefficient (Wildman–Crippen LogP) is 2.24. The van der Waals surface area contributed by atoms with E-state index in [0.717, 1.165) is 11.1 Å². The maximum Gasteiger partial charge on any atom is 0.315 e. The summed E-state index contributed by atoms with van der Waals surface area (Å²) in [5.74, 6) is 5.79. The fourth-order valence-corrected chi connectivity index (χ4v) is 2.07. The number of benzene rings is 2. The van der Waals surface area contributed by atoms with Crippen LogP contribution < -0.4 is 10.6 Å². The first-order valence-corrected chi connectivity index (χ1v) is 7.92. The van der Waals surface area contributed by atoms with Crippen LogP contribution in [0.5, 0.6) is 0 Å². The van der Waals surface area contributed by atoms with Crippen molar-refractivity contribution in [1.29, 1.82) is 0 Å². The number of nitrogens with zero attached hydrogens (tertiary/aromatic N) is 1. The number of rotatable bonds is 4. The zero-order valence-corrected chi connectivity index (χ0v) is 14.4. The van der Waals surface area contributed by atoms with Crippen LogP contribution in [0.2, 0.25) is 0 Å². The fraction of sp³-hybridized carbons (Fsp3) is 0.200. The van der Waals surface area contributed by atoms with Crippen molar-refractivity contribution in [3.05, 3.63) is 71.3 Å². The lowest BCUT2D eigenvalue weighted by atomic mass is 10.1. The average molecular weight is 335 g/mol. The quantitative estimate of drug-likeness (QED) is 0.842. The lowest BCUT2D eigenvalue weighted by Gasteiger charge is -2.09. The zero-order chi connectivity index (χ0) is 18.1. The van der Waals surface area contributed by atoms with E-state index in [1.807, 2.05) is 30.3 Å². The molecule has 0 fully saturated rings. The van der Waals surface area contributed by atoms with Crippen LogP contribution in [0.25, 0.3) is 0 Å². The maximum atomic E-state index is 11.8. The second kappa shape index (κ2) is 9.14. The summed E-state index contributed by atoms with van der Waals surface area (Å²) in [4.78, 5) is 25.0. The lowest BCUT2D eigenvalue weighted by Crippen LogP contribution is -2.35. The Morgan fingerprint density at radius 3 is 2.28 bits per heavy atom. The lowest BCUT2D eigenvalue weighted by molar-refractivity contribution is 0.0827. The number of hydrogen-bond donors (Lipinski definition) is 2. The van der Waals surface area contributed by atoms with Crippen LogP contribution in [0.1, 0.15) is 21.5 Å². The molecule has 25 heavy (non-hydrogen) atoms. The molecule has 5 nitrogen and oxygen atoms in total. The summed E-state index contributed by atoms with van der Waals surface area (Å²) in [6, 6.07) is 16.5. The molecule has 2 aromatic rings. The van der Waals surface area contributed by atoms with Crippen LogP contribution in [-0.2, 0) is 6.54 Å². The number of carbonyl (C=O) groups excluding carboxylic acids is 2. The summed E-state index contributed by atoms with van der Waals surface area (Å²) in [7, 11) is 3.43. The predicted molar refractivity (Wildman–Crippen MR) is 98.0 cm³/mol. The van der Waals surface area contributed by atoms with Gasteiger partial charge in [0, 0.05) is 31.8 Å². The Bertz CT molecular complexity index is 772.